The van der Waals surface area contributed by atoms with Crippen molar-refractivity contribution < 1.29 is 38.4 Å². The molecule has 1 aromatic carbocycles. The van der Waals surface area contributed by atoms with Gasteiger partial charge in [0.05, 0.1) is 34.8 Å². The predicted molar refractivity (Wildman–Crippen MR) is 116 cm³/mol. The summed E-state index contributed by atoms with van der Waals surface area (Å²) < 4.78 is 0. The summed E-state index contributed by atoms with van der Waals surface area (Å²) in [5, 5.41) is 1.13. The molecule has 1 aromatic rings. The largest absolute Gasteiger partial charge is 0.363 e. The Balaban J connectivity index is 1.01. The highest BCUT2D eigenvalue weighted by molar-refractivity contribution is 6.08. The first-order chi connectivity index (χ1) is 17.3. The first-order valence-corrected chi connectivity index (χ1v) is 12.0. The van der Waals surface area contributed by atoms with Gasteiger partial charge in [0.2, 0.25) is 0 Å². The topological polar surface area (TPSA) is 127 Å². The molecule has 8 atom stereocenters. The van der Waals surface area contributed by atoms with Crippen molar-refractivity contribution in [3.8, 4) is 0 Å². The smallest absolute Gasteiger partial charge is 0.325 e. The minimum atomic E-state index is -0.919. The Hall–Kier alpha value is -4.08. The number of fused-ring (bicyclic) bond motifs is 10. The molecule has 6 aliphatic rings. The van der Waals surface area contributed by atoms with Crippen LogP contribution < -0.4 is 0 Å². The Morgan fingerprint density at radius 3 is 1.11 bits per heavy atom. The average Bonchev–Trinajstić information content (AvgIpc) is 3.72. The van der Waals surface area contributed by atoms with Gasteiger partial charge in [-0.25, -0.2) is 9.59 Å². The van der Waals surface area contributed by atoms with Crippen LogP contribution in [0.1, 0.15) is 33.6 Å². The highest BCUT2D eigenvalue weighted by atomic mass is 16.7. The van der Waals surface area contributed by atoms with Crippen LogP contribution in [0.4, 0.5) is 0 Å². The van der Waals surface area contributed by atoms with E-state index in [0.29, 0.717) is 10.1 Å². The van der Waals surface area contributed by atoms with Crippen LogP contribution in [0.25, 0.3) is 0 Å². The van der Waals surface area contributed by atoms with Gasteiger partial charge in [0.15, 0.2) is 0 Å². The Labute approximate surface area is 204 Å². The van der Waals surface area contributed by atoms with E-state index in [0.717, 1.165) is 12.8 Å². The summed E-state index contributed by atoms with van der Waals surface area (Å²) in [5.41, 5.74) is 0.0200. The van der Waals surface area contributed by atoms with Crippen LogP contribution in [0.15, 0.2) is 48.6 Å². The number of nitrogens with zero attached hydrogens (tertiary/aromatic N) is 2. The lowest BCUT2D eigenvalue weighted by molar-refractivity contribution is -0.176. The molecule has 0 N–H and O–H groups in total. The zero-order valence-electron chi connectivity index (χ0n) is 18.8. The normalized spacial score (nSPS) is 36.8. The highest BCUT2D eigenvalue weighted by Gasteiger charge is 2.62. The second-order valence-corrected chi connectivity index (χ2v) is 10.3. The molecule has 0 aromatic heterocycles. The molecule has 4 amide bonds. The third kappa shape index (κ3) is 2.72. The van der Waals surface area contributed by atoms with Crippen molar-refractivity contribution >= 4 is 35.6 Å². The molecule has 8 unspecified atom stereocenters. The van der Waals surface area contributed by atoms with E-state index in [1.807, 2.05) is 24.3 Å². The number of hydrogen-bond donors (Lipinski definition) is 0. The molecule has 0 radical (unpaired) electrons. The predicted octanol–water partition coefficient (Wildman–Crippen LogP) is 1.44. The number of imide groups is 2. The van der Waals surface area contributed by atoms with Crippen LogP contribution in [0.2, 0.25) is 0 Å². The monoisotopic (exact) mass is 488 g/mol. The van der Waals surface area contributed by atoms with Crippen molar-refractivity contribution in [3.05, 3.63) is 59.7 Å². The van der Waals surface area contributed by atoms with E-state index in [9.17, 15) is 28.8 Å². The molecule has 2 heterocycles. The van der Waals surface area contributed by atoms with Gasteiger partial charge in [0, 0.05) is 0 Å². The van der Waals surface area contributed by atoms with Crippen LogP contribution in [0.5, 0.6) is 0 Å². The van der Waals surface area contributed by atoms with Gasteiger partial charge in [-0.3, -0.25) is 19.2 Å². The fourth-order valence-corrected chi connectivity index (χ4v) is 6.94. The Bertz CT molecular complexity index is 1170. The van der Waals surface area contributed by atoms with Crippen LogP contribution in [-0.2, 0) is 28.9 Å². The lowest BCUT2D eigenvalue weighted by atomic mass is 9.85. The quantitative estimate of drug-likeness (QED) is 0.460. The number of amides is 4. The van der Waals surface area contributed by atoms with E-state index in [4.69, 9.17) is 9.68 Å². The summed E-state index contributed by atoms with van der Waals surface area (Å²) >= 11 is 0. The molecule has 2 saturated carbocycles. The third-order valence-electron chi connectivity index (χ3n) is 8.56. The zero-order valence-corrected chi connectivity index (χ0v) is 18.8. The van der Waals surface area contributed by atoms with Gasteiger partial charge >= 0.3 is 11.9 Å². The maximum Gasteiger partial charge on any atom is 0.363 e. The van der Waals surface area contributed by atoms with E-state index in [-0.39, 0.29) is 34.8 Å². The molecule has 182 valence electrons. The number of benzene rings is 1. The summed E-state index contributed by atoms with van der Waals surface area (Å²) in [7, 11) is 0. The van der Waals surface area contributed by atoms with E-state index in [1.165, 1.54) is 24.3 Å². The molecule has 4 fully saturated rings. The number of carbonyl (C=O) groups is 6. The maximum atomic E-state index is 12.7. The van der Waals surface area contributed by atoms with Gasteiger partial charge in [-0.1, -0.05) is 24.3 Å². The Kier molecular flexibility index (Phi) is 4.26. The maximum absolute atomic E-state index is 12.7. The summed E-state index contributed by atoms with van der Waals surface area (Å²) in [6.45, 7) is 0. The lowest BCUT2D eigenvalue weighted by Crippen LogP contribution is -2.35. The molecule has 10 heteroatoms. The number of hydrogen-bond acceptors (Lipinski definition) is 8. The molecule has 0 spiro atoms. The fourth-order valence-electron chi connectivity index (χ4n) is 6.94. The van der Waals surface area contributed by atoms with E-state index >= 15 is 0 Å². The number of hydroxylamine groups is 4. The van der Waals surface area contributed by atoms with Crippen molar-refractivity contribution in [3.63, 3.8) is 0 Å². The second-order valence-electron chi connectivity index (χ2n) is 10.3. The van der Waals surface area contributed by atoms with Crippen molar-refractivity contribution in [2.24, 2.45) is 47.3 Å². The molecule has 36 heavy (non-hydrogen) atoms. The minimum absolute atomic E-state index is 0.00851. The molecule has 7 rings (SSSR count). The SMILES string of the molecule is O=C(ON1C(=O)C2C3C=CC(C3)C2C1=O)c1ccc(C(=O)ON2C(=O)C3C4C=CC(C4)C3C2=O)cc1. The van der Waals surface area contributed by atoms with Crippen molar-refractivity contribution in [2.75, 3.05) is 0 Å². The second kappa shape index (κ2) is 7.22. The lowest BCUT2D eigenvalue weighted by Gasteiger charge is -2.16. The summed E-state index contributed by atoms with van der Waals surface area (Å²) in [5.74, 6) is -5.86. The Morgan fingerprint density at radius 1 is 0.556 bits per heavy atom. The van der Waals surface area contributed by atoms with Gasteiger partial charge in [-0.2, -0.15) is 0 Å². The van der Waals surface area contributed by atoms with E-state index in [1.54, 1.807) is 0 Å². The molecular formula is C26H20N2O8. The molecule has 4 aliphatic carbocycles. The standard InChI is InChI=1S/C26H20N2O8/c29-21-17-13-5-6-14(9-13)18(17)22(30)27(21)35-25(33)11-1-2-12(4-3-11)26(34)36-28-23(31)19-15-7-8-16(10-15)20(19)24(28)32/h1-8,13-20H,9-10H2. The van der Waals surface area contributed by atoms with Crippen LogP contribution >= 0.6 is 0 Å². The Morgan fingerprint density at radius 2 is 0.833 bits per heavy atom. The van der Waals surface area contributed by atoms with Gasteiger partial charge in [-0.05, 0) is 60.8 Å². The minimum Gasteiger partial charge on any atom is -0.325 e. The number of carbonyl (C=O) groups excluding carboxylic acids is 6. The van der Waals surface area contributed by atoms with Crippen LogP contribution in [-0.4, -0.2) is 45.7 Å². The summed E-state index contributed by atoms with van der Waals surface area (Å²) in [6, 6.07) is 5.12. The third-order valence-corrected chi connectivity index (χ3v) is 8.56. The number of allylic oxidation sites excluding steroid dienone is 4. The van der Waals surface area contributed by atoms with Crippen LogP contribution in [0, 0.1) is 47.3 Å². The first kappa shape index (κ1) is 21.2. The first-order valence-electron chi connectivity index (χ1n) is 12.0. The van der Waals surface area contributed by atoms with Crippen molar-refractivity contribution in [1.29, 1.82) is 0 Å². The number of rotatable bonds is 4. The summed E-state index contributed by atoms with van der Waals surface area (Å²) in [6.07, 6.45) is 9.29. The summed E-state index contributed by atoms with van der Waals surface area (Å²) in [4.78, 5) is 86.3. The molecule has 2 saturated heterocycles. The fraction of sp³-hybridized carbons (Fsp3) is 0.385. The molecule has 2 aliphatic heterocycles. The molecule has 10 nitrogen and oxygen atoms in total. The van der Waals surface area contributed by atoms with Gasteiger partial charge in [0.1, 0.15) is 0 Å². The molecule has 4 bridgehead atoms. The van der Waals surface area contributed by atoms with Gasteiger partial charge in [-0.15, -0.1) is 10.1 Å². The zero-order chi connectivity index (χ0) is 24.9. The molecular weight excluding hydrogens is 468 g/mol. The van der Waals surface area contributed by atoms with Gasteiger partial charge in [0.25, 0.3) is 23.6 Å². The van der Waals surface area contributed by atoms with E-state index in [2.05, 4.69) is 0 Å². The average molecular weight is 488 g/mol. The highest BCUT2D eigenvalue weighted by Crippen LogP contribution is 2.53. The van der Waals surface area contributed by atoms with E-state index < -0.39 is 59.2 Å². The van der Waals surface area contributed by atoms with Crippen molar-refractivity contribution in [1.82, 2.24) is 10.1 Å². The van der Waals surface area contributed by atoms with Gasteiger partial charge < -0.3 is 9.68 Å². The van der Waals surface area contributed by atoms with Crippen LogP contribution in [0.3, 0.4) is 0 Å². The van der Waals surface area contributed by atoms with Crippen molar-refractivity contribution in [2.45, 2.75) is 12.8 Å².